The van der Waals surface area contributed by atoms with Crippen LogP contribution in [-0.4, -0.2) is 30.5 Å². The van der Waals surface area contributed by atoms with Gasteiger partial charge in [-0.1, -0.05) is 50.0 Å². The SMILES string of the molecule is COc1ccc(OCC(O)(C[C](CCO)C(C)(C)C)c2ccc(Cl)c(Cl)c2)cc1. The molecule has 0 fully saturated rings. The predicted octanol–water partition coefficient (Wildman–Crippen LogP) is 5.66. The van der Waals surface area contributed by atoms with Crippen molar-refractivity contribution < 1.29 is 19.7 Å². The quantitative estimate of drug-likeness (QED) is 0.528. The zero-order chi connectivity index (χ0) is 21.7. The number of rotatable bonds is 9. The zero-order valence-electron chi connectivity index (χ0n) is 17.3. The molecule has 159 valence electrons. The molecule has 0 spiro atoms. The third kappa shape index (κ3) is 6.51. The molecule has 1 radical (unpaired) electrons. The van der Waals surface area contributed by atoms with Gasteiger partial charge in [-0.15, -0.1) is 0 Å². The second-order valence-electron chi connectivity index (χ2n) is 8.13. The number of ether oxygens (including phenoxy) is 2. The third-order valence-corrected chi connectivity index (χ3v) is 5.71. The molecule has 0 aliphatic rings. The van der Waals surface area contributed by atoms with E-state index in [0.717, 1.165) is 11.7 Å². The number of hydrogen-bond acceptors (Lipinski definition) is 4. The second kappa shape index (κ2) is 10.0. The topological polar surface area (TPSA) is 58.9 Å². The molecule has 0 heterocycles. The Morgan fingerprint density at radius 2 is 1.59 bits per heavy atom. The van der Waals surface area contributed by atoms with E-state index >= 15 is 0 Å². The minimum atomic E-state index is -1.34. The summed E-state index contributed by atoms with van der Waals surface area (Å²) in [7, 11) is 1.60. The maximum absolute atomic E-state index is 11.7. The van der Waals surface area contributed by atoms with Crippen LogP contribution >= 0.6 is 23.2 Å². The lowest BCUT2D eigenvalue weighted by atomic mass is 9.71. The lowest BCUT2D eigenvalue weighted by molar-refractivity contribution is -0.0205. The molecular weight excluding hydrogens is 411 g/mol. The predicted molar refractivity (Wildman–Crippen MR) is 118 cm³/mol. The number of benzene rings is 2. The molecule has 0 aliphatic heterocycles. The fourth-order valence-electron chi connectivity index (χ4n) is 3.11. The average Bonchev–Trinajstić information content (AvgIpc) is 2.68. The smallest absolute Gasteiger partial charge is 0.124 e. The summed E-state index contributed by atoms with van der Waals surface area (Å²) < 4.78 is 11.1. The van der Waals surface area contributed by atoms with Crippen molar-refractivity contribution in [3.63, 3.8) is 0 Å². The Bertz CT molecular complexity index is 786. The molecule has 2 aromatic carbocycles. The molecular formula is C23H29Cl2O4. The largest absolute Gasteiger partial charge is 0.497 e. The lowest BCUT2D eigenvalue weighted by Gasteiger charge is -2.38. The fraction of sp³-hybridized carbons (Fsp3) is 0.435. The van der Waals surface area contributed by atoms with E-state index in [9.17, 15) is 10.2 Å². The summed E-state index contributed by atoms with van der Waals surface area (Å²) in [5.74, 6) is 2.37. The molecule has 0 aromatic heterocycles. The molecule has 4 nitrogen and oxygen atoms in total. The first-order valence-corrected chi connectivity index (χ1v) is 10.3. The molecule has 1 atom stereocenters. The van der Waals surface area contributed by atoms with Crippen LogP contribution in [0.4, 0.5) is 0 Å². The normalized spacial score (nSPS) is 14.0. The molecule has 1 unspecified atom stereocenters. The van der Waals surface area contributed by atoms with Crippen molar-refractivity contribution in [2.24, 2.45) is 5.41 Å². The summed E-state index contributed by atoms with van der Waals surface area (Å²) in [6, 6.07) is 12.3. The monoisotopic (exact) mass is 439 g/mol. The second-order valence-corrected chi connectivity index (χ2v) is 8.94. The van der Waals surface area contributed by atoms with Gasteiger partial charge in [0, 0.05) is 6.61 Å². The van der Waals surface area contributed by atoms with Crippen molar-refractivity contribution in [2.75, 3.05) is 20.3 Å². The first-order valence-electron chi connectivity index (χ1n) is 9.50. The van der Waals surface area contributed by atoms with E-state index in [1.165, 1.54) is 0 Å². The van der Waals surface area contributed by atoms with E-state index in [-0.39, 0.29) is 18.6 Å². The van der Waals surface area contributed by atoms with Crippen LogP contribution in [0.1, 0.15) is 39.2 Å². The van der Waals surface area contributed by atoms with Crippen LogP contribution in [0.25, 0.3) is 0 Å². The third-order valence-electron chi connectivity index (χ3n) is 4.97. The Balaban J connectivity index is 2.33. The highest BCUT2D eigenvalue weighted by Gasteiger charge is 2.38. The van der Waals surface area contributed by atoms with Crippen LogP contribution in [0.2, 0.25) is 10.0 Å². The molecule has 2 rings (SSSR count). The van der Waals surface area contributed by atoms with E-state index in [1.807, 2.05) is 0 Å². The Labute approximate surface area is 183 Å². The van der Waals surface area contributed by atoms with Gasteiger partial charge < -0.3 is 19.7 Å². The minimum Gasteiger partial charge on any atom is -0.497 e. The zero-order valence-corrected chi connectivity index (χ0v) is 18.8. The first-order chi connectivity index (χ1) is 13.6. The standard InChI is InChI=1S/C23H29Cl2O4/c1-22(2,3)17(11-12-26)14-23(27,16-5-10-20(24)21(25)13-16)15-29-19-8-6-18(28-4)7-9-19/h5-10,13,26-27H,11-12,14-15H2,1-4H3. The van der Waals surface area contributed by atoms with Crippen molar-refractivity contribution >= 4 is 23.2 Å². The van der Waals surface area contributed by atoms with Crippen LogP contribution in [0.5, 0.6) is 11.5 Å². The molecule has 0 amide bonds. The van der Waals surface area contributed by atoms with Crippen molar-refractivity contribution in [1.82, 2.24) is 0 Å². The average molecular weight is 440 g/mol. The van der Waals surface area contributed by atoms with Gasteiger partial charge in [0.2, 0.25) is 0 Å². The summed E-state index contributed by atoms with van der Waals surface area (Å²) in [5, 5.41) is 22.0. The fourth-order valence-corrected chi connectivity index (χ4v) is 3.41. The summed E-state index contributed by atoms with van der Waals surface area (Å²) in [4.78, 5) is 0. The van der Waals surface area contributed by atoms with Crippen LogP contribution in [0.3, 0.4) is 0 Å². The van der Waals surface area contributed by atoms with Crippen molar-refractivity contribution in [3.8, 4) is 11.5 Å². The summed E-state index contributed by atoms with van der Waals surface area (Å²) in [6.07, 6.45) is 0.820. The van der Waals surface area contributed by atoms with Crippen molar-refractivity contribution in [3.05, 3.63) is 64.0 Å². The van der Waals surface area contributed by atoms with E-state index in [1.54, 1.807) is 49.6 Å². The molecule has 2 aromatic rings. The maximum Gasteiger partial charge on any atom is 0.124 e. The van der Waals surface area contributed by atoms with Gasteiger partial charge in [0.25, 0.3) is 0 Å². The first kappa shape index (κ1) is 23.8. The van der Waals surface area contributed by atoms with E-state index < -0.39 is 5.60 Å². The summed E-state index contributed by atoms with van der Waals surface area (Å²) in [5.41, 5.74) is -0.918. The van der Waals surface area contributed by atoms with Gasteiger partial charge in [-0.05, 0) is 66.1 Å². The molecule has 2 N–H and O–H groups in total. The van der Waals surface area contributed by atoms with Gasteiger partial charge in [-0.2, -0.15) is 0 Å². The number of methoxy groups -OCH3 is 1. The Morgan fingerprint density at radius 3 is 2.10 bits per heavy atom. The van der Waals surface area contributed by atoms with Gasteiger partial charge in [0.05, 0.1) is 17.2 Å². The minimum absolute atomic E-state index is 0.0162. The molecule has 0 bridgehead atoms. The van der Waals surface area contributed by atoms with E-state index in [4.69, 9.17) is 32.7 Å². The number of aliphatic hydroxyl groups is 2. The highest BCUT2D eigenvalue weighted by molar-refractivity contribution is 6.42. The van der Waals surface area contributed by atoms with Crippen molar-refractivity contribution in [2.45, 2.75) is 39.2 Å². The van der Waals surface area contributed by atoms with Gasteiger partial charge >= 0.3 is 0 Å². The molecule has 0 saturated carbocycles. The lowest BCUT2D eigenvalue weighted by Crippen LogP contribution is -2.38. The van der Waals surface area contributed by atoms with Crippen LogP contribution < -0.4 is 9.47 Å². The Morgan fingerprint density at radius 1 is 0.966 bits per heavy atom. The van der Waals surface area contributed by atoms with Crippen molar-refractivity contribution in [1.29, 1.82) is 0 Å². The number of hydrogen-bond donors (Lipinski definition) is 2. The summed E-state index contributed by atoms with van der Waals surface area (Å²) >= 11 is 12.3. The Kier molecular flexibility index (Phi) is 8.24. The molecule has 6 heteroatoms. The van der Waals surface area contributed by atoms with Gasteiger partial charge in [-0.25, -0.2) is 0 Å². The number of aliphatic hydroxyl groups excluding tert-OH is 1. The van der Waals surface area contributed by atoms with Crippen LogP contribution in [0, 0.1) is 11.3 Å². The van der Waals surface area contributed by atoms with E-state index in [0.29, 0.717) is 34.2 Å². The maximum atomic E-state index is 11.7. The molecule has 0 aliphatic carbocycles. The number of halogens is 2. The van der Waals surface area contributed by atoms with Crippen LogP contribution in [-0.2, 0) is 5.60 Å². The van der Waals surface area contributed by atoms with Gasteiger partial charge in [-0.3, -0.25) is 0 Å². The van der Waals surface area contributed by atoms with Gasteiger partial charge in [0.15, 0.2) is 0 Å². The molecule has 29 heavy (non-hydrogen) atoms. The highest BCUT2D eigenvalue weighted by atomic mass is 35.5. The van der Waals surface area contributed by atoms with Crippen LogP contribution in [0.15, 0.2) is 42.5 Å². The Hall–Kier alpha value is -1.46. The summed E-state index contributed by atoms with van der Waals surface area (Å²) in [6.45, 7) is 6.23. The van der Waals surface area contributed by atoms with Gasteiger partial charge in [0.1, 0.15) is 23.7 Å². The molecule has 0 saturated heterocycles. The van der Waals surface area contributed by atoms with E-state index in [2.05, 4.69) is 20.8 Å². The highest BCUT2D eigenvalue weighted by Crippen LogP contribution is 2.42.